The summed E-state index contributed by atoms with van der Waals surface area (Å²) in [6, 6.07) is 17.8. The summed E-state index contributed by atoms with van der Waals surface area (Å²) in [5.74, 6) is -1.21. The van der Waals surface area contributed by atoms with Crippen LogP contribution in [0.3, 0.4) is 0 Å². The molecule has 0 saturated heterocycles. The highest BCUT2D eigenvalue weighted by molar-refractivity contribution is 6.39. The molecule has 0 aliphatic rings. The number of hydrogen-bond donors (Lipinski definition) is 2. The van der Waals surface area contributed by atoms with Gasteiger partial charge in [0.25, 0.3) is 0 Å². The lowest BCUT2D eigenvalue weighted by Crippen LogP contribution is -2.36. The monoisotopic (exact) mass is 352 g/mol. The van der Waals surface area contributed by atoms with Crippen LogP contribution in [0.25, 0.3) is 0 Å². The molecule has 4 heteroatoms. The van der Waals surface area contributed by atoms with Gasteiger partial charge in [0, 0.05) is 12.2 Å². The van der Waals surface area contributed by atoms with Crippen LogP contribution in [0, 0.1) is 0 Å². The van der Waals surface area contributed by atoms with E-state index in [9.17, 15) is 9.59 Å². The van der Waals surface area contributed by atoms with Gasteiger partial charge in [0.05, 0.1) is 0 Å². The molecule has 0 radical (unpaired) electrons. The zero-order chi connectivity index (χ0) is 19.0. The number of para-hydroxylation sites is 1. The second-order valence-electron chi connectivity index (χ2n) is 7.45. The molecule has 0 saturated carbocycles. The summed E-state index contributed by atoms with van der Waals surface area (Å²) in [4.78, 5) is 24.2. The van der Waals surface area contributed by atoms with Gasteiger partial charge in [-0.3, -0.25) is 9.59 Å². The average molecular weight is 352 g/mol. The zero-order valence-electron chi connectivity index (χ0n) is 15.8. The summed E-state index contributed by atoms with van der Waals surface area (Å²) in [5, 5.41) is 5.43. The topological polar surface area (TPSA) is 58.2 Å². The first kappa shape index (κ1) is 19.7. The Bertz CT molecular complexity index is 733. The van der Waals surface area contributed by atoms with Crippen LogP contribution in [0.2, 0.25) is 0 Å². The molecule has 2 amide bonds. The van der Waals surface area contributed by atoms with Crippen molar-refractivity contribution in [3.8, 4) is 0 Å². The third-order valence-electron chi connectivity index (χ3n) is 4.21. The Balaban J connectivity index is 1.77. The van der Waals surface area contributed by atoms with E-state index in [1.807, 2.05) is 42.5 Å². The van der Waals surface area contributed by atoms with E-state index in [2.05, 4.69) is 43.5 Å². The SMILES string of the molecule is CC(C)(C)c1ccccc1NC(=O)C(=O)NCCCCc1ccccc1. The minimum absolute atomic E-state index is 0.113. The van der Waals surface area contributed by atoms with Gasteiger partial charge in [0.15, 0.2) is 0 Å². The van der Waals surface area contributed by atoms with Gasteiger partial charge >= 0.3 is 11.8 Å². The Morgan fingerprint density at radius 3 is 2.19 bits per heavy atom. The second kappa shape index (κ2) is 9.18. The molecule has 0 aliphatic heterocycles. The van der Waals surface area contributed by atoms with Crippen molar-refractivity contribution in [3.63, 3.8) is 0 Å². The van der Waals surface area contributed by atoms with Crippen molar-refractivity contribution in [2.45, 2.75) is 45.4 Å². The Morgan fingerprint density at radius 1 is 0.846 bits per heavy atom. The molecule has 0 bridgehead atoms. The maximum Gasteiger partial charge on any atom is 0.313 e. The van der Waals surface area contributed by atoms with E-state index in [4.69, 9.17) is 0 Å². The molecule has 0 spiro atoms. The van der Waals surface area contributed by atoms with Gasteiger partial charge in [-0.1, -0.05) is 69.3 Å². The third kappa shape index (κ3) is 6.03. The predicted molar refractivity (Wildman–Crippen MR) is 106 cm³/mol. The first-order valence-corrected chi connectivity index (χ1v) is 9.10. The number of rotatable bonds is 6. The largest absolute Gasteiger partial charge is 0.348 e. The first-order chi connectivity index (χ1) is 12.4. The van der Waals surface area contributed by atoms with E-state index in [1.165, 1.54) is 5.56 Å². The lowest BCUT2D eigenvalue weighted by molar-refractivity contribution is -0.136. The molecule has 2 aromatic rings. The normalized spacial score (nSPS) is 11.0. The minimum atomic E-state index is -0.621. The summed E-state index contributed by atoms with van der Waals surface area (Å²) in [5.41, 5.74) is 2.86. The van der Waals surface area contributed by atoms with Crippen LogP contribution >= 0.6 is 0 Å². The fourth-order valence-corrected chi connectivity index (χ4v) is 2.81. The molecular formula is C22H28N2O2. The molecule has 2 aromatic carbocycles. The molecule has 0 unspecified atom stereocenters. The number of carbonyl (C=O) groups excluding carboxylic acids is 2. The number of unbranched alkanes of at least 4 members (excludes halogenated alkanes) is 1. The number of carbonyl (C=O) groups is 2. The van der Waals surface area contributed by atoms with Gasteiger partial charge in [0.1, 0.15) is 0 Å². The number of aryl methyl sites for hydroxylation is 1. The summed E-state index contributed by atoms with van der Waals surface area (Å²) in [6.45, 7) is 6.72. The Labute approximate surface area is 156 Å². The highest BCUT2D eigenvalue weighted by Crippen LogP contribution is 2.29. The third-order valence-corrected chi connectivity index (χ3v) is 4.21. The lowest BCUT2D eigenvalue weighted by atomic mass is 9.86. The van der Waals surface area contributed by atoms with Crippen molar-refractivity contribution in [2.24, 2.45) is 0 Å². The highest BCUT2D eigenvalue weighted by Gasteiger charge is 2.20. The molecule has 138 valence electrons. The molecule has 26 heavy (non-hydrogen) atoms. The predicted octanol–water partition coefficient (Wildman–Crippen LogP) is 4.06. The van der Waals surface area contributed by atoms with Crippen molar-refractivity contribution in [1.82, 2.24) is 5.32 Å². The number of benzene rings is 2. The van der Waals surface area contributed by atoms with Crippen LogP contribution in [-0.4, -0.2) is 18.4 Å². The van der Waals surface area contributed by atoms with Crippen molar-refractivity contribution >= 4 is 17.5 Å². The molecule has 0 atom stereocenters. The van der Waals surface area contributed by atoms with Crippen LogP contribution in [0.1, 0.15) is 44.7 Å². The fraction of sp³-hybridized carbons (Fsp3) is 0.364. The average Bonchev–Trinajstić information content (AvgIpc) is 2.61. The smallest absolute Gasteiger partial charge is 0.313 e. The van der Waals surface area contributed by atoms with Crippen molar-refractivity contribution in [3.05, 3.63) is 65.7 Å². The summed E-state index contributed by atoms with van der Waals surface area (Å²) in [6.07, 6.45) is 2.78. The minimum Gasteiger partial charge on any atom is -0.348 e. The van der Waals surface area contributed by atoms with E-state index in [-0.39, 0.29) is 5.41 Å². The highest BCUT2D eigenvalue weighted by atomic mass is 16.2. The molecule has 4 nitrogen and oxygen atoms in total. The van der Waals surface area contributed by atoms with Crippen molar-refractivity contribution < 1.29 is 9.59 Å². The Hall–Kier alpha value is -2.62. The summed E-state index contributed by atoms with van der Waals surface area (Å²) < 4.78 is 0. The standard InChI is InChI=1S/C22H28N2O2/c1-22(2,3)18-14-7-8-15-19(18)24-21(26)20(25)23-16-10-9-13-17-11-5-4-6-12-17/h4-8,11-12,14-15H,9-10,13,16H2,1-3H3,(H,23,25)(H,24,26). The zero-order valence-corrected chi connectivity index (χ0v) is 15.8. The van der Waals surface area contributed by atoms with Gasteiger partial charge in [-0.25, -0.2) is 0 Å². The van der Waals surface area contributed by atoms with Crippen LogP contribution < -0.4 is 10.6 Å². The molecule has 0 aromatic heterocycles. The van der Waals surface area contributed by atoms with Crippen molar-refractivity contribution in [2.75, 3.05) is 11.9 Å². The lowest BCUT2D eigenvalue weighted by Gasteiger charge is -2.22. The van der Waals surface area contributed by atoms with Gasteiger partial charge in [-0.15, -0.1) is 0 Å². The Morgan fingerprint density at radius 2 is 1.50 bits per heavy atom. The fourth-order valence-electron chi connectivity index (χ4n) is 2.81. The quantitative estimate of drug-likeness (QED) is 0.608. The first-order valence-electron chi connectivity index (χ1n) is 9.10. The van der Waals surface area contributed by atoms with Crippen LogP contribution in [0.4, 0.5) is 5.69 Å². The summed E-state index contributed by atoms with van der Waals surface area (Å²) in [7, 11) is 0. The number of amides is 2. The number of hydrogen-bond acceptors (Lipinski definition) is 2. The van der Waals surface area contributed by atoms with Crippen molar-refractivity contribution in [1.29, 1.82) is 0 Å². The van der Waals surface area contributed by atoms with Crippen LogP contribution in [0.15, 0.2) is 54.6 Å². The van der Waals surface area contributed by atoms with E-state index in [0.717, 1.165) is 24.8 Å². The van der Waals surface area contributed by atoms with Gasteiger partial charge in [-0.2, -0.15) is 0 Å². The molecule has 2 rings (SSSR count). The van der Waals surface area contributed by atoms with Crippen LogP contribution in [0.5, 0.6) is 0 Å². The van der Waals surface area contributed by atoms with E-state index < -0.39 is 11.8 Å². The second-order valence-corrected chi connectivity index (χ2v) is 7.45. The number of nitrogens with one attached hydrogen (secondary N) is 2. The van der Waals surface area contributed by atoms with Gasteiger partial charge in [0.2, 0.25) is 0 Å². The molecule has 0 heterocycles. The maximum absolute atomic E-state index is 12.2. The summed E-state index contributed by atoms with van der Waals surface area (Å²) >= 11 is 0. The van der Waals surface area contributed by atoms with E-state index in [1.54, 1.807) is 0 Å². The van der Waals surface area contributed by atoms with E-state index >= 15 is 0 Å². The van der Waals surface area contributed by atoms with Gasteiger partial charge < -0.3 is 10.6 Å². The van der Waals surface area contributed by atoms with Crippen LogP contribution in [-0.2, 0) is 21.4 Å². The Kier molecular flexibility index (Phi) is 6.96. The van der Waals surface area contributed by atoms with Gasteiger partial charge in [-0.05, 0) is 41.9 Å². The molecule has 2 N–H and O–H groups in total. The maximum atomic E-state index is 12.2. The molecular weight excluding hydrogens is 324 g/mol. The molecule has 0 aliphatic carbocycles. The number of anilines is 1. The molecule has 0 fully saturated rings. The van der Waals surface area contributed by atoms with E-state index in [0.29, 0.717) is 12.2 Å².